The highest BCUT2D eigenvalue weighted by molar-refractivity contribution is 5.70. The number of hydrogen-bond acceptors (Lipinski definition) is 2. The zero-order valence-corrected chi connectivity index (χ0v) is 12.0. The van der Waals surface area contributed by atoms with E-state index in [1.807, 2.05) is 62.4 Å². The summed E-state index contributed by atoms with van der Waals surface area (Å²) in [5, 5.41) is 9.31. The minimum Gasteiger partial charge on any atom is -0.337 e. The second-order valence-corrected chi connectivity index (χ2v) is 5.15. The molecule has 0 unspecified atom stereocenters. The number of benzene rings is 2. The molecule has 0 spiro atoms. The van der Waals surface area contributed by atoms with Gasteiger partial charge < -0.3 is 4.98 Å². The van der Waals surface area contributed by atoms with Crippen LogP contribution >= 0.6 is 0 Å². The number of aryl methyl sites for hydroxylation is 2. The number of nitrogens with one attached hydrogen (secondary N) is 1. The minimum atomic E-state index is 0.425. The third-order valence-corrected chi connectivity index (χ3v) is 3.47. The molecule has 1 N–H and O–H groups in total. The molecule has 102 valence electrons. The Morgan fingerprint density at radius 3 is 1.90 bits per heavy atom. The Bertz CT molecular complexity index is 803. The number of H-pyrrole nitrogens is 1. The van der Waals surface area contributed by atoms with E-state index in [2.05, 4.69) is 16.0 Å². The van der Waals surface area contributed by atoms with Gasteiger partial charge in [-0.2, -0.15) is 5.26 Å². The third-order valence-electron chi connectivity index (χ3n) is 3.47. The quantitative estimate of drug-likeness (QED) is 0.759. The average molecular weight is 273 g/mol. The van der Waals surface area contributed by atoms with Gasteiger partial charge in [0.1, 0.15) is 11.9 Å². The molecule has 0 radical (unpaired) electrons. The van der Waals surface area contributed by atoms with Crippen molar-refractivity contribution >= 4 is 0 Å². The molecule has 0 atom stereocenters. The predicted octanol–water partition coefficient (Wildman–Crippen LogP) is 4.23. The normalized spacial score (nSPS) is 10.3. The van der Waals surface area contributed by atoms with Crippen molar-refractivity contribution in [2.45, 2.75) is 13.8 Å². The SMILES string of the molecule is Cc1ccc(-c2nc(C#N)c(-c3ccc(C)cc3)[nH]2)cc1. The molecule has 0 aliphatic carbocycles. The summed E-state index contributed by atoms with van der Waals surface area (Å²) in [4.78, 5) is 7.68. The summed E-state index contributed by atoms with van der Waals surface area (Å²) in [7, 11) is 0. The van der Waals surface area contributed by atoms with Crippen LogP contribution < -0.4 is 0 Å². The van der Waals surface area contributed by atoms with Crippen molar-refractivity contribution in [3.8, 4) is 28.7 Å². The van der Waals surface area contributed by atoms with Gasteiger partial charge >= 0.3 is 0 Å². The molecule has 0 aliphatic rings. The summed E-state index contributed by atoms with van der Waals surface area (Å²) in [6.07, 6.45) is 0. The maximum atomic E-state index is 9.31. The van der Waals surface area contributed by atoms with Crippen molar-refractivity contribution in [2.24, 2.45) is 0 Å². The largest absolute Gasteiger partial charge is 0.337 e. The topological polar surface area (TPSA) is 52.5 Å². The standard InChI is InChI=1S/C18H15N3/c1-12-3-7-14(8-4-12)17-16(11-19)20-18(21-17)15-9-5-13(2)6-10-15/h3-10H,1-2H3,(H,20,21). The number of nitrogens with zero attached hydrogens (tertiary/aromatic N) is 2. The van der Waals surface area contributed by atoms with Gasteiger partial charge in [-0.3, -0.25) is 0 Å². The molecule has 2 aromatic carbocycles. The molecule has 0 saturated heterocycles. The monoisotopic (exact) mass is 273 g/mol. The second-order valence-electron chi connectivity index (χ2n) is 5.15. The van der Waals surface area contributed by atoms with Crippen LogP contribution in [0, 0.1) is 25.2 Å². The van der Waals surface area contributed by atoms with E-state index in [0.29, 0.717) is 5.69 Å². The molecule has 3 heteroatoms. The van der Waals surface area contributed by atoms with Gasteiger partial charge in [0.15, 0.2) is 5.69 Å². The Balaban J connectivity index is 2.08. The van der Waals surface area contributed by atoms with Gasteiger partial charge in [0.05, 0.1) is 5.69 Å². The second kappa shape index (κ2) is 5.26. The van der Waals surface area contributed by atoms with Crippen LogP contribution in [0.15, 0.2) is 48.5 Å². The summed E-state index contributed by atoms with van der Waals surface area (Å²) in [6.45, 7) is 4.09. The van der Waals surface area contributed by atoms with Crippen LogP contribution in [-0.4, -0.2) is 9.97 Å². The highest BCUT2D eigenvalue weighted by Gasteiger charge is 2.12. The van der Waals surface area contributed by atoms with Gasteiger partial charge in [0.25, 0.3) is 0 Å². The van der Waals surface area contributed by atoms with Crippen molar-refractivity contribution in [2.75, 3.05) is 0 Å². The maximum absolute atomic E-state index is 9.31. The minimum absolute atomic E-state index is 0.425. The summed E-state index contributed by atoms with van der Waals surface area (Å²) in [5.74, 6) is 0.724. The number of hydrogen-bond donors (Lipinski definition) is 1. The van der Waals surface area contributed by atoms with Crippen LogP contribution in [0.5, 0.6) is 0 Å². The molecule has 3 rings (SSSR count). The lowest BCUT2D eigenvalue weighted by molar-refractivity contribution is 1.29. The lowest BCUT2D eigenvalue weighted by Crippen LogP contribution is -1.82. The summed E-state index contributed by atoms with van der Waals surface area (Å²) >= 11 is 0. The molecular weight excluding hydrogens is 258 g/mol. The molecule has 3 aromatic rings. The lowest BCUT2D eigenvalue weighted by atomic mass is 10.1. The van der Waals surface area contributed by atoms with Gasteiger partial charge in [-0.15, -0.1) is 0 Å². The fourth-order valence-electron chi connectivity index (χ4n) is 2.23. The van der Waals surface area contributed by atoms with Gasteiger partial charge in [-0.05, 0) is 13.8 Å². The van der Waals surface area contributed by atoms with Crippen LogP contribution in [-0.2, 0) is 0 Å². The molecule has 0 amide bonds. The van der Waals surface area contributed by atoms with Crippen LogP contribution in [0.25, 0.3) is 22.6 Å². The van der Waals surface area contributed by atoms with Gasteiger partial charge in [-0.1, -0.05) is 59.7 Å². The van der Waals surface area contributed by atoms with Crippen molar-refractivity contribution in [1.29, 1.82) is 5.26 Å². The first-order chi connectivity index (χ1) is 10.2. The lowest BCUT2D eigenvalue weighted by Gasteiger charge is -2.00. The van der Waals surface area contributed by atoms with Crippen LogP contribution in [0.2, 0.25) is 0 Å². The Morgan fingerprint density at radius 1 is 0.857 bits per heavy atom. The van der Waals surface area contributed by atoms with E-state index in [1.54, 1.807) is 0 Å². The zero-order valence-electron chi connectivity index (χ0n) is 12.0. The Hall–Kier alpha value is -2.86. The number of aromatic amines is 1. The van der Waals surface area contributed by atoms with Crippen LogP contribution in [0.1, 0.15) is 16.8 Å². The molecule has 0 fully saturated rings. The Morgan fingerprint density at radius 2 is 1.38 bits per heavy atom. The molecule has 0 saturated carbocycles. The van der Waals surface area contributed by atoms with E-state index in [0.717, 1.165) is 22.6 Å². The first-order valence-electron chi connectivity index (χ1n) is 6.81. The molecule has 21 heavy (non-hydrogen) atoms. The van der Waals surface area contributed by atoms with Gasteiger partial charge in [0, 0.05) is 11.1 Å². The first kappa shape index (κ1) is 13.1. The summed E-state index contributed by atoms with van der Waals surface area (Å²) in [6, 6.07) is 18.3. The highest BCUT2D eigenvalue weighted by atomic mass is 14.9. The molecule has 0 aliphatic heterocycles. The predicted molar refractivity (Wildman–Crippen MR) is 83.6 cm³/mol. The fraction of sp³-hybridized carbons (Fsp3) is 0.111. The average Bonchev–Trinajstić information content (AvgIpc) is 2.93. The van der Waals surface area contributed by atoms with E-state index < -0.39 is 0 Å². The van der Waals surface area contributed by atoms with Crippen LogP contribution in [0.3, 0.4) is 0 Å². The van der Waals surface area contributed by atoms with Crippen molar-refractivity contribution in [3.05, 3.63) is 65.4 Å². The molecule has 1 aromatic heterocycles. The number of aromatic nitrogens is 2. The number of nitriles is 1. The first-order valence-corrected chi connectivity index (χ1v) is 6.81. The highest BCUT2D eigenvalue weighted by Crippen LogP contribution is 2.26. The Kier molecular flexibility index (Phi) is 3.29. The molecule has 1 heterocycles. The maximum Gasteiger partial charge on any atom is 0.166 e. The number of rotatable bonds is 2. The van der Waals surface area contributed by atoms with Crippen molar-refractivity contribution < 1.29 is 0 Å². The van der Waals surface area contributed by atoms with E-state index in [-0.39, 0.29) is 0 Å². The van der Waals surface area contributed by atoms with Crippen molar-refractivity contribution in [1.82, 2.24) is 9.97 Å². The van der Waals surface area contributed by atoms with E-state index >= 15 is 0 Å². The van der Waals surface area contributed by atoms with E-state index in [4.69, 9.17) is 0 Å². The summed E-state index contributed by atoms with van der Waals surface area (Å²) in [5.41, 5.74) is 5.54. The summed E-state index contributed by atoms with van der Waals surface area (Å²) < 4.78 is 0. The zero-order chi connectivity index (χ0) is 14.8. The smallest absolute Gasteiger partial charge is 0.166 e. The van der Waals surface area contributed by atoms with Crippen molar-refractivity contribution in [3.63, 3.8) is 0 Å². The molecular formula is C18H15N3. The molecule has 3 nitrogen and oxygen atoms in total. The number of imidazole rings is 1. The van der Waals surface area contributed by atoms with Gasteiger partial charge in [-0.25, -0.2) is 4.98 Å². The fourth-order valence-corrected chi connectivity index (χ4v) is 2.23. The van der Waals surface area contributed by atoms with Crippen LogP contribution in [0.4, 0.5) is 0 Å². The van der Waals surface area contributed by atoms with E-state index in [9.17, 15) is 5.26 Å². The third kappa shape index (κ3) is 2.56. The van der Waals surface area contributed by atoms with Gasteiger partial charge in [0.2, 0.25) is 0 Å². The van der Waals surface area contributed by atoms with E-state index in [1.165, 1.54) is 11.1 Å². The Labute approximate surface area is 123 Å². The molecule has 0 bridgehead atoms.